The summed E-state index contributed by atoms with van der Waals surface area (Å²) >= 11 is 0. The van der Waals surface area contributed by atoms with E-state index >= 15 is 0 Å². The first kappa shape index (κ1) is 9.26. The maximum absolute atomic E-state index is 11.3. The molecule has 0 aromatic heterocycles. The lowest BCUT2D eigenvalue weighted by molar-refractivity contribution is -0.130. The second-order valence-electron chi connectivity index (χ2n) is 3.56. The number of rotatable bonds is 2. The van der Waals surface area contributed by atoms with E-state index in [1.54, 1.807) is 17.9 Å². The summed E-state index contributed by atoms with van der Waals surface area (Å²) in [7, 11) is 0. The first-order chi connectivity index (χ1) is 5.55. The van der Waals surface area contributed by atoms with Gasteiger partial charge in [-0.05, 0) is 13.3 Å². The smallest absolute Gasteiger partial charge is 0.226 e. The van der Waals surface area contributed by atoms with Crippen LogP contribution in [0.5, 0.6) is 0 Å². The molecule has 1 N–H and O–H groups in total. The zero-order valence-corrected chi connectivity index (χ0v) is 7.42. The second kappa shape index (κ2) is 3.27. The van der Waals surface area contributed by atoms with Crippen LogP contribution >= 0.6 is 0 Å². The molecule has 3 nitrogen and oxygen atoms in total. The van der Waals surface area contributed by atoms with Crippen LogP contribution in [0.2, 0.25) is 0 Å². The van der Waals surface area contributed by atoms with Gasteiger partial charge in [0.05, 0.1) is 5.60 Å². The Balaban J connectivity index is 2.46. The maximum atomic E-state index is 11.3. The molecule has 3 heteroatoms. The van der Waals surface area contributed by atoms with Crippen LogP contribution in [0, 0.1) is 0 Å². The summed E-state index contributed by atoms with van der Waals surface area (Å²) in [5, 5.41) is 9.56. The lowest BCUT2D eigenvalue weighted by atomic mass is 10.1. The van der Waals surface area contributed by atoms with E-state index in [0.29, 0.717) is 25.9 Å². The standard InChI is InChI=1S/C9H15NO2/c1-3-4-8(11)10-6-5-9(2,12)7-10/h3,12H,1,4-7H2,2H3. The number of carbonyl (C=O) groups excluding carboxylic acids is 1. The minimum atomic E-state index is -0.684. The second-order valence-corrected chi connectivity index (χ2v) is 3.56. The molecular formula is C9H15NO2. The SMILES string of the molecule is C=CCC(=O)N1CCC(C)(O)C1. The Bertz CT molecular complexity index is 199. The van der Waals surface area contributed by atoms with Crippen LogP contribution in [0.1, 0.15) is 19.8 Å². The van der Waals surface area contributed by atoms with Crippen molar-refractivity contribution in [3.8, 4) is 0 Å². The molecule has 1 fully saturated rings. The lowest BCUT2D eigenvalue weighted by Crippen LogP contribution is -2.33. The van der Waals surface area contributed by atoms with Gasteiger partial charge in [0.2, 0.25) is 5.91 Å². The van der Waals surface area contributed by atoms with Crippen LogP contribution in [0.25, 0.3) is 0 Å². The summed E-state index contributed by atoms with van der Waals surface area (Å²) in [6, 6.07) is 0. The third-order valence-electron chi connectivity index (χ3n) is 2.12. The van der Waals surface area contributed by atoms with Gasteiger partial charge >= 0.3 is 0 Å². The van der Waals surface area contributed by atoms with Crippen molar-refractivity contribution in [1.29, 1.82) is 0 Å². The van der Waals surface area contributed by atoms with E-state index in [2.05, 4.69) is 6.58 Å². The molecule has 1 aliphatic heterocycles. The minimum Gasteiger partial charge on any atom is -0.388 e. The average molecular weight is 169 g/mol. The third-order valence-corrected chi connectivity index (χ3v) is 2.12. The van der Waals surface area contributed by atoms with E-state index in [-0.39, 0.29) is 5.91 Å². The molecule has 0 aromatic carbocycles. The quantitative estimate of drug-likeness (QED) is 0.613. The maximum Gasteiger partial charge on any atom is 0.226 e. The Morgan fingerprint density at radius 1 is 1.83 bits per heavy atom. The Kier molecular flexibility index (Phi) is 2.52. The Morgan fingerprint density at radius 2 is 2.50 bits per heavy atom. The molecule has 1 heterocycles. The van der Waals surface area contributed by atoms with Crippen molar-refractivity contribution < 1.29 is 9.90 Å². The Morgan fingerprint density at radius 3 is 2.92 bits per heavy atom. The van der Waals surface area contributed by atoms with Gasteiger partial charge in [-0.25, -0.2) is 0 Å². The van der Waals surface area contributed by atoms with E-state index in [1.165, 1.54) is 0 Å². The van der Waals surface area contributed by atoms with Gasteiger partial charge in [-0.1, -0.05) is 6.08 Å². The lowest BCUT2D eigenvalue weighted by Gasteiger charge is -2.18. The summed E-state index contributed by atoms with van der Waals surface area (Å²) in [4.78, 5) is 13.0. The predicted molar refractivity (Wildman–Crippen MR) is 46.6 cm³/mol. The highest BCUT2D eigenvalue weighted by Crippen LogP contribution is 2.20. The normalized spacial score (nSPS) is 29.0. The molecule has 0 saturated carbocycles. The van der Waals surface area contributed by atoms with Gasteiger partial charge in [-0.15, -0.1) is 6.58 Å². The number of likely N-dealkylation sites (tertiary alicyclic amines) is 1. The topological polar surface area (TPSA) is 40.5 Å². The number of amides is 1. The molecule has 1 aliphatic rings. The molecule has 68 valence electrons. The first-order valence-corrected chi connectivity index (χ1v) is 4.16. The molecule has 0 spiro atoms. The van der Waals surface area contributed by atoms with E-state index in [9.17, 15) is 9.90 Å². The molecule has 0 bridgehead atoms. The molecule has 0 radical (unpaired) electrons. The van der Waals surface area contributed by atoms with Gasteiger partial charge < -0.3 is 10.0 Å². The number of nitrogens with zero attached hydrogens (tertiary/aromatic N) is 1. The summed E-state index contributed by atoms with van der Waals surface area (Å²) in [6.07, 6.45) is 2.64. The summed E-state index contributed by atoms with van der Waals surface area (Å²) < 4.78 is 0. The number of aliphatic hydroxyl groups is 1. The number of β-amino-alcohol motifs (C(OH)–C–C–N with tert-alkyl or cyclic N) is 1. The van der Waals surface area contributed by atoms with E-state index in [1.807, 2.05) is 0 Å². The van der Waals surface area contributed by atoms with E-state index in [4.69, 9.17) is 0 Å². The highest BCUT2D eigenvalue weighted by Gasteiger charge is 2.33. The van der Waals surface area contributed by atoms with Gasteiger partial charge in [-0.3, -0.25) is 4.79 Å². The Labute approximate surface area is 72.7 Å². The molecule has 1 rings (SSSR count). The molecule has 12 heavy (non-hydrogen) atoms. The third kappa shape index (κ3) is 2.08. The summed E-state index contributed by atoms with van der Waals surface area (Å²) in [5.74, 6) is 0.0581. The zero-order valence-electron chi connectivity index (χ0n) is 7.42. The van der Waals surface area contributed by atoms with Crippen molar-refractivity contribution in [3.05, 3.63) is 12.7 Å². The molecule has 1 amide bonds. The molecule has 1 unspecified atom stereocenters. The molecule has 1 atom stereocenters. The van der Waals surface area contributed by atoms with Crippen molar-refractivity contribution in [3.63, 3.8) is 0 Å². The summed E-state index contributed by atoms with van der Waals surface area (Å²) in [6.45, 7) is 6.38. The van der Waals surface area contributed by atoms with Crippen molar-refractivity contribution >= 4 is 5.91 Å². The highest BCUT2D eigenvalue weighted by atomic mass is 16.3. The first-order valence-electron chi connectivity index (χ1n) is 4.16. The van der Waals surface area contributed by atoms with Crippen LogP contribution < -0.4 is 0 Å². The van der Waals surface area contributed by atoms with Gasteiger partial charge in [0, 0.05) is 19.5 Å². The van der Waals surface area contributed by atoms with Crippen LogP contribution in [0.4, 0.5) is 0 Å². The fourth-order valence-electron chi connectivity index (χ4n) is 1.41. The monoisotopic (exact) mass is 169 g/mol. The van der Waals surface area contributed by atoms with Crippen molar-refractivity contribution in [2.24, 2.45) is 0 Å². The van der Waals surface area contributed by atoms with Gasteiger partial charge in [0.25, 0.3) is 0 Å². The average Bonchev–Trinajstić information content (AvgIpc) is 2.31. The number of hydrogen-bond donors (Lipinski definition) is 1. The van der Waals surface area contributed by atoms with Gasteiger partial charge in [0.15, 0.2) is 0 Å². The minimum absolute atomic E-state index is 0.0581. The Hall–Kier alpha value is -0.830. The fourth-order valence-corrected chi connectivity index (χ4v) is 1.41. The fraction of sp³-hybridized carbons (Fsp3) is 0.667. The molecule has 0 aromatic rings. The van der Waals surface area contributed by atoms with Crippen LogP contribution in [0.15, 0.2) is 12.7 Å². The number of hydrogen-bond acceptors (Lipinski definition) is 2. The van der Waals surface area contributed by atoms with Crippen LogP contribution in [-0.2, 0) is 4.79 Å². The molecule has 1 saturated heterocycles. The predicted octanol–water partition coefficient (Wildman–Crippen LogP) is 0.546. The van der Waals surface area contributed by atoms with Crippen molar-refractivity contribution in [2.75, 3.05) is 13.1 Å². The molecule has 0 aliphatic carbocycles. The van der Waals surface area contributed by atoms with Crippen LogP contribution in [0.3, 0.4) is 0 Å². The van der Waals surface area contributed by atoms with Gasteiger partial charge in [-0.2, -0.15) is 0 Å². The zero-order chi connectivity index (χ0) is 9.19. The molecular weight excluding hydrogens is 154 g/mol. The number of carbonyl (C=O) groups is 1. The van der Waals surface area contributed by atoms with Crippen LogP contribution in [-0.4, -0.2) is 34.6 Å². The highest BCUT2D eigenvalue weighted by molar-refractivity contribution is 5.78. The summed E-state index contributed by atoms with van der Waals surface area (Å²) in [5.41, 5.74) is -0.684. The largest absolute Gasteiger partial charge is 0.388 e. The van der Waals surface area contributed by atoms with E-state index < -0.39 is 5.60 Å². The van der Waals surface area contributed by atoms with Crippen molar-refractivity contribution in [2.45, 2.75) is 25.4 Å². The van der Waals surface area contributed by atoms with Gasteiger partial charge in [0.1, 0.15) is 0 Å². The van der Waals surface area contributed by atoms with Crippen molar-refractivity contribution in [1.82, 2.24) is 4.90 Å². The van der Waals surface area contributed by atoms with E-state index in [0.717, 1.165) is 0 Å².